The van der Waals surface area contributed by atoms with Gasteiger partial charge in [-0.05, 0) is 61.9 Å². The first kappa shape index (κ1) is 19.2. The average molecular weight is 364 g/mol. The number of amides is 2. The van der Waals surface area contributed by atoms with Gasteiger partial charge in [-0.15, -0.1) is 0 Å². The predicted octanol–water partition coefficient (Wildman–Crippen LogP) is 3.79. The number of likely N-dealkylation sites (tertiary alicyclic amines) is 1. The zero-order valence-electron chi connectivity index (χ0n) is 16.3. The minimum Gasteiger partial charge on any atom is -0.352 e. The first-order valence-electron chi connectivity index (χ1n) is 9.74. The van der Waals surface area contributed by atoms with Crippen LogP contribution >= 0.6 is 0 Å². The third kappa shape index (κ3) is 5.19. The Morgan fingerprint density at radius 2 is 2.00 bits per heavy atom. The molecule has 0 aromatic heterocycles. The fourth-order valence-corrected chi connectivity index (χ4v) is 3.61. The van der Waals surface area contributed by atoms with Crippen molar-refractivity contribution < 1.29 is 9.59 Å². The molecule has 4 nitrogen and oxygen atoms in total. The Bertz CT molecular complexity index is 829. The van der Waals surface area contributed by atoms with Crippen molar-refractivity contribution in [1.29, 1.82) is 0 Å². The molecule has 1 aliphatic rings. The van der Waals surface area contributed by atoms with Crippen molar-refractivity contribution in [2.24, 2.45) is 0 Å². The van der Waals surface area contributed by atoms with Gasteiger partial charge in [0.15, 0.2) is 0 Å². The summed E-state index contributed by atoms with van der Waals surface area (Å²) in [4.78, 5) is 26.1. The van der Waals surface area contributed by atoms with Gasteiger partial charge in [0.25, 0.3) is 5.91 Å². The number of carbonyl (C=O) groups is 2. The summed E-state index contributed by atoms with van der Waals surface area (Å²) in [5, 5.41) is 3.01. The minimum atomic E-state index is -0.0507. The number of benzene rings is 2. The van der Waals surface area contributed by atoms with Crippen LogP contribution in [-0.4, -0.2) is 29.8 Å². The molecule has 1 fully saturated rings. The van der Waals surface area contributed by atoms with Crippen LogP contribution in [0.4, 0.5) is 0 Å². The number of aryl methyl sites for hydroxylation is 3. The van der Waals surface area contributed by atoms with Gasteiger partial charge in [0.1, 0.15) is 0 Å². The first-order chi connectivity index (χ1) is 13.0. The Morgan fingerprint density at radius 1 is 1.15 bits per heavy atom. The first-order valence-corrected chi connectivity index (χ1v) is 9.74. The molecule has 1 aliphatic heterocycles. The second-order valence-electron chi connectivity index (χ2n) is 7.41. The lowest BCUT2D eigenvalue weighted by atomic mass is 10.0. The molecule has 0 atom stereocenters. The second-order valence-corrected chi connectivity index (χ2v) is 7.41. The van der Waals surface area contributed by atoms with E-state index in [1.165, 1.54) is 16.7 Å². The molecule has 1 saturated heterocycles. The van der Waals surface area contributed by atoms with E-state index in [1.807, 2.05) is 29.2 Å². The maximum absolute atomic E-state index is 12.4. The fourth-order valence-electron chi connectivity index (χ4n) is 3.61. The highest BCUT2D eigenvalue weighted by Crippen LogP contribution is 2.15. The van der Waals surface area contributed by atoms with Crippen LogP contribution in [0.15, 0.2) is 42.5 Å². The third-order valence-corrected chi connectivity index (χ3v) is 5.14. The van der Waals surface area contributed by atoms with Crippen molar-refractivity contribution in [3.8, 4) is 0 Å². The molecule has 0 spiro atoms. The molecule has 2 aromatic rings. The summed E-state index contributed by atoms with van der Waals surface area (Å²) in [6.07, 6.45) is 3.45. The molecule has 27 heavy (non-hydrogen) atoms. The molecule has 2 amide bonds. The van der Waals surface area contributed by atoms with Crippen molar-refractivity contribution in [2.75, 3.05) is 13.1 Å². The number of rotatable bonds is 7. The van der Waals surface area contributed by atoms with Gasteiger partial charge >= 0.3 is 0 Å². The van der Waals surface area contributed by atoms with Crippen molar-refractivity contribution in [3.63, 3.8) is 0 Å². The maximum atomic E-state index is 12.4. The zero-order valence-corrected chi connectivity index (χ0v) is 16.3. The van der Waals surface area contributed by atoms with E-state index in [0.29, 0.717) is 25.1 Å². The molecule has 0 aliphatic carbocycles. The van der Waals surface area contributed by atoms with E-state index in [0.717, 1.165) is 31.4 Å². The number of nitrogens with one attached hydrogen (secondary N) is 1. The second kappa shape index (κ2) is 8.85. The summed E-state index contributed by atoms with van der Waals surface area (Å²) >= 11 is 0. The lowest BCUT2D eigenvalue weighted by Gasteiger charge is -2.16. The summed E-state index contributed by atoms with van der Waals surface area (Å²) in [6, 6.07) is 14.1. The average Bonchev–Trinajstić information content (AvgIpc) is 3.05. The van der Waals surface area contributed by atoms with E-state index in [1.54, 1.807) is 0 Å². The fraction of sp³-hybridized carbons (Fsp3) is 0.391. The lowest BCUT2D eigenvalue weighted by Crippen LogP contribution is -2.26. The van der Waals surface area contributed by atoms with Gasteiger partial charge in [0, 0.05) is 31.6 Å². The summed E-state index contributed by atoms with van der Waals surface area (Å²) < 4.78 is 0. The van der Waals surface area contributed by atoms with Crippen LogP contribution in [0.3, 0.4) is 0 Å². The van der Waals surface area contributed by atoms with E-state index in [-0.39, 0.29) is 11.8 Å². The van der Waals surface area contributed by atoms with Gasteiger partial charge in [-0.2, -0.15) is 0 Å². The quantitative estimate of drug-likeness (QED) is 0.760. The Hall–Kier alpha value is -2.62. The standard InChI is InChI=1S/C23H28N2O2/c1-17-10-11-20(18(2)14-17)8-4-12-24-23(27)21-7-3-6-19(15-21)16-25-13-5-9-22(25)26/h3,6-7,10-11,14-15H,4-5,8-9,12-13,16H2,1-2H3,(H,24,27). The molecule has 0 bridgehead atoms. The minimum absolute atomic E-state index is 0.0507. The zero-order chi connectivity index (χ0) is 19.2. The van der Waals surface area contributed by atoms with Crippen LogP contribution in [0.25, 0.3) is 0 Å². The molecule has 142 valence electrons. The van der Waals surface area contributed by atoms with E-state index in [4.69, 9.17) is 0 Å². The monoisotopic (exact) mass is 364 g/mol. The smallest absolute Gasteiger partial charge is 0.251 e. The van der Waals surface area contributed by atoms with Crippen LogP contribution < -0.4 is 5.32 Å². The van der Waals surface area contributed by atoms with Crippen LogP contribution in [-0.2, 0) is 17.8 Å². The van der Waals surface area contributed by atoms with Crippen molar-refractivity contribution in [1.82, 2.24) is 10.2 Å². The molecule has 0 radical (unpaired) electrons. The van der Waals surface area contributed by atoms with E-state index >= 15 is 0 Å². The number of nitrogens with zero attached hydrogens (tertiary/aromatic N) is 1. The van der Waals surface area contributed by atoms with Crippen molar-refractivity contribution in [3.05, 3.63) is 70.3 Å². The highest BCUT2D eigenvalue weighted by Gasteiger charge is 2.20. The van der Waals surface area contributed by atoms with Crippen molar-refractivity contribution in [2.45, 2.75) is 46.1 Å². The molecule has 4 heteroatoms. The topological polar surface area (TPSA) is 49.4 Å². The third-order valence-electron chi connectivity index (χ3n) is 5.14. The van der Waals surface area contributed by atoms with Crippen LogP contribution in [0.5, 0.6) is 0 Å². The molecule has 0 saturated carbocycles. The molecular formula is C23H28N2O2. The molecule has 1 N–H and O–H groups in total. The largest absolute Gasteiger partial charge is 0.352 e. The predicted molar refractivity (Wildman–Crippen MR) is 108 cm³/mol. The highest BCUT2D eigenvalue weighted by molar-refractivity contribution is 5.94. The molecule has 1 heterocycles. The molecule has 0 unspecified atom stereocenters. The Morgan fingerprint density at radius 3 is 2.74 bits per heavy atom. The Balaban J connectivity index is 1.49. The Kier molecular flexibility index (Phi) is 6.28. The summed E-state index contributed by atoms with van der Waals surface area (Å²) in [6.45, 7) is 6.30. The summed E-state index contributed by atoms with van der Waals surface area (Å²) in [7, 11) is 0. The molecule has 2 aromatic carbocycles. The van der Waals surface area contributed by atoms with Crippen molar-refractivity contribution >= 4 is 11.8 Å². The SMILES string of the molecule is Cc1ccc(CCCNC(=O)c2cccc(CN3CCCC3=O)c2)c(C)c1. The van der Waals surface area contributed by atoms with Gasteiger partial charge in [0.2, 0.25) is 5.91 Å². The van der Waals surface area contributed by atoms with Gasteiger partial charge in [0.05, 0.1) is 0 Å². The van der Waals surface area contributed by atoms with E-state index in [9.17, 15) is 9.59 Å². The maximum Gasteiger partial charge on any atom is 0.251 e. The summed E-state index contributed by atoms with van der Waals surface area (Å²) in [5.41, 5.74) is 5.59. The van der Waals surface area contributed by atoms with Crippen LogP contribution in [0.1, 0.15) is 51.9 Å². The van der Waals surface area contributed by atoms with Gasteiger partial charge in [-0.3, -0.25) is 9.59 Å². The van der Waals surface area contributed by atoms with Gasteiger partial charge in [-0.25, -0.2) is 0 Å². The Labute approximate surface area is 161 Å². The highest BCUT2D eigenvalue weighted by atomic mass is 16.2. The number of hydrogen-bond acceptors (Lipinski definition) is 2. The molecular weight excluding hydrogens is 336 g/mol. The number of hydrogen-bond donors (Lipinski definition) is 1. The van der Waals surface area contributed by atoms with Gasteiger partial charge < -0.3 is 10.2 Å². The molecule has 3 rings (SSSR count). The van der Waals surface area contributed by atoms with Gasteiger partial charge in [-0.1, -0.05) is 35.9 Å². The van der Waals surface area contributed by atoms with E-state index in [2.05, 4.69) is 37.4 Å². The number of carbonyl (C=O) groups excluding carboxylic acids is 2. The normalized spacial score (nSPS) is 13.9. The lowest BCUT2D eigenvalue weighted by molar-refractivity contribution is -0.128. The summed E-state index contributed by atoms with van der Waals surface area (Å²) in [5.74, 6) is 0.154. The van der Waals surface area contributed by atoms with Crippen LogP contribution in [0, 0.1) is 13.8 Å². The van der Waals surface area contributed by atoms with E-state index < -0.39 is 0 Å². The van der Waals surface area contributed by atoms with Crippen LogP contribution in [0.2, 0.25) is 0 Å².